The molecule has 60 valence electrons. The van der Waals surface area contributed by atoms with Crippen LogP contribution in [0.3, 0.4) is 0 Å². The van der Waals surface area contributed by atoms with Crippen LogP contribution in [0.2, 0.25) is 23.7 Å². The van der Waals surface area contributed by atoms with E-state index < -0.39 is 8.07 Å². The third-order valence-corrected chi connectivity index (χ3v) is 10.1. The molecular weight excluding hydrogens is 136 g/mol. The summed E-state index contributed by atoms with van der Waals surface area (Å²) in [6, 6.07) is 3.16. The van der Waals surface area contributed by atoms with E-state index in [2.05, 4.69) is 27.3 Å². The van der Waals surface area contributed by atoms with Crippen molar-refractivity contribution in [3.8, 4) is 0 Å². The summed E-state index contributed by atoms with van der Waals surface area (Å²) in [5.41, 5.74) is 0. The summed E-state index contributed by atoms with van der Waals surface area (Å²) in [4.78, 5) is 0. The fourth-order valence-corrected chi connectivity index (χ4v) is 5.72. The lowest BCUT2D eigenvalue weighted by molar-refractivity contribution is 0.715. The summed E-state index contributed by atoms with van der Waals surface area (Å²) in [5.74, 6) is 0. The minimum atomic E-state index is -0.788. The van der Waals surface area contributed by atoms with Gasteiger partial charge in [0.2, 0.25) is 0 Å². The molecule has 0 saturated carbocycles. The van der Waals surface area contributed by atoms with Gasteiger partial charge in [-0.2, -0.15) is 0 Å². The lowest BCUT2D eigenvalue weighted by atomic mass is 10.2. The van der Waals surface area contributed by atoms with E-state index in [0.29, 0.717) is 5.04 Å². The topological polar surface area (TPSA) is 0 Å². The maximum atomic E-state index is 2.58. The summed E-state index contributed by atoms with van der Waals surface area (Å²) in [6.45, 7) is 9.89. The molecule has 1 saturated heterocycles. The van der Waals surface area contributed by atoms with Gasteiger partial charge in [0, 0.05) is 0 Å². The summed E-state index contributed by atoms with van der Waals surface area (Å²) in [6.07, 6.45) is 3.03. The molecule has 0 aliphatic carbocycles. The minimum absolute atomic E-state index is 0.656. The fourth-order valence-electron chi connectivity index (χ4n) is 1.91. The first-order valence-corrected chi connectivity index (χ1v) is 7.37. The first kappa shape index (κ1) is 8.31. The molecule has 0 aromatic heterocycles. The minimum Gasteiger partial charge on any atom is -0.0688 e. The van der Waals surface area contributed by atoms with Crippen molar-refractivity contribution in [3.63, 3.8) is 0 Å². The van der Waals surface area contributed by atoms with Crippen LogP contribution in [0, 0.1) is 0 Å². The highest BCUT2D eigenvalue weighted by molar-refractivity contribution is 6.81. The molecule has 1 aliphatic heterocycles. The van der Waals surface area contributed by atoms with Crippen molar-refractivity contribution in [3.05, 3.63) is 0 Å². The van der Waals surface area contributed by atoms with Gasteiger partial charge in [0.25, 0.3) is 0 Å². The smallest absolute Gasteiger partial charge is 0.0558 e. The molecule has 0 nitrogen and oxygen atoms in total. The number of hydrogen-bond donors (Lipinski definition) is 0. The molecule has 1 fully saturated rings. The van der Waals surface area contributed by atoms with Gasteiger partial charge in [-0.3, -0.25) is 0 Å². The molecule has 0 amide bonds. The van der Waals surface area contributed by atoms with Crippen molar-refractivity contribution in [1.82, 2.24) is 0 Å². The van der Waals surface area contributed by atoms with Crippen molar-refractivity contribution in [2.75, 3.05) is 0 Å². The van der Waals surface area contributed by atoms with Gasteiger partial charge in [0.05, 0.1) is 8.07 Å². The average molecular weight is 156 g/mol. The molecule has 0 atom stereocenters. The fraction of sp³-hybridized carbons (Fsp3) is 1.00. The molecule has 0 aromatic rings. The second-order valence-electron chi connectivity index (χ2n) is 5.02. The van der Waals surface area contributed by atoms with Crippen molar-refractivity contribution in [2.45, 2.75) is 57.3 Å². The lowest BCUT2D eigenvalue weighted by Crippen LogP contribution is -2.36. The van der Waals surface area contributed by atoms with E-state index in [4.69, 9.17) is 0 Å². The third-order valence-electron chi connectivity index (χ3n) is 3.52. The molecule has 1 rings (SSSR count). The van der Waals surface area contributed by atoms with E-state index >= 15 is 0 Å². The van der Waals surface area contributed by atoms with Crippen molar-refractivity contribution in [1.29, 1.82) is 0 Å². The molecule has 0 aromatic carbocycles. The van der Waals surface area contributed by atoms with Crippen molar-refractivity contribution < 1.29 is 0 Å². The predicted octanol–water partition coefficient (Wildman–Crippen LogP) is 3.66. The van der Waals surface area contributed by atoms with Gasteiger partial charge in [0.1, 0.15) is 0 Å². The first-order valence-electron chi connectivity index (χ1n) is 4.46. The molecular formula is C9H20Si. The Kier molecular flexibility index (Phi) is 1.97. The van der Waals surface area contributed by atoms with Gasteiger partial charge in [-0.1, -0.05) is 52.2 Å². The monoisotopic (exact) mass is 156 g/mol. The molecule has 0 bridgehead atoms. The Labute approximate surface area is 66.0 Å². The average Bonchev–Trinajstić information content (AvgIpc) is 2.13. The standard InChI is InChI=1S/C9H20Si/c1-9(2,3)10(4)7-5-6-8-10/h5-8H2,1-4H3. The third kappa shape index (κ3) is 1.29. The van der Waals surface area contributed by atoms with Gasteiger partial charge in [-0.15, -0.1) is 0 Å². The normalized spacial score (nSPS) is 25.2. The van der Waals surface area contributed by atoms with Crippen LogP contribution >= 0.6 is 0 Å². The first-order chi connectivity index (χ1) is 4.46. The van der Waals surface area contributed by atoms with Gasteiger partial charge >= 0.3 is 0 Å². The van der Waals surface area contributed by atoms with E-state index in [-0.39, 0.29) is 0 Å². The number of rotatable bonds is 0. The molecule has 1 heterocycles. The molecule has 0 N–H and O–H groups in total. The van der Waals surface area contributed by atoms with Crippen LogP contribution < -0.4 is 0 Å². The van der Waals surface area contributed by atoms with E-state index in [1.54, 1.807) is 12.1 Å². The van der Waals surface area contributed by atoms with Gasteiger partial charge in [0.15, 0.2) is 0 Å². The molecule has 1 heteroatoms. The highest BCUT2D eigenvalue weighted by atomic mass is 28.3. The highest BCUT2D eigenvalue weighted by Crippen LogP contribution is 2.47. The van der Waals surface area contributed by atoms with Crippen molar-refractivity contribution >= 4 is 8.07 Å². The zero-order valence-corrected chi connectivity index (χ0v) is 8.83. The van der Waals surface area contributed by atoms with E-state index in [0.717, 1.165) is 0 Å². The number of hydrogen-bond acceptors (Lipinski definition) is 0. The molecule has 1 aliphatic rings. The van der Waals surface area contributed by atoms with Crippen LogP contribution in [-0.2, 0) is 0 Å². The summed E-state index contributed by atoms with van der Waals surface area (Å²) in [5, 5.41) is 0.656. The highest BCUT2D eigenvalue weighted by Gasteiger charge is 2.41. The summed E-state index contributed by atoms with van der Waals surface area (Å²) in [7, 11) is -0.788. The van der Waals surface area contributed by atoms with Crippen LogP contribution in [0.15, 0.2) is 0 Å². The Morgan fingerprint density at radius 2 is 1.40 bits per heavy atom. The summed E-state index contributed by atoms with van der Waals surface area (Å²) < 4.78 is 0. The Morgan fingerprint density at radius 1 is 1.00 bits per heavy atom. The summed E-state index contributed by atoms with van der Waals surface area (Å²) >= 11 is 0. The molecule has 0 spiro atoms. The Bertz CT molecular complexity index is 115. The zero-order valence-electron chi connectivity index (χ0n) is 7.83. The Balaban J connectivity index is 2.67. The van der Waals surface area contributed by atoms with Crippen LogP contribution in [0.25, 0.3) is 0 Å². The molecule has 0 radical (unpaired) electrons. The van der Waals surface area contributed by atoms with E-state index in [1.807, 2.05) is 0 Å². The maximum absolute atomic E-state index is 2.58. The van der Waals surface area contributed by atoms with E-state index in [1.165, 1.54) is 12.8 Å². The quantitative estimate of drug-likeness (QED) is 0.470. The molecule has 10 heavy (non-hydrogen) atoms. The van der Waals surface area contributed by atoms with Crippen LogP contribution in [0.5, 0.6) is 0 Å². The maximum Gasteiger partial charge on any atom is 0.0558 e. The lowest BCUT2D eigenvalue weighted by Gasteiger charge is -2.36. The van der Waals surface area contributed by atoms with Gasteiger partial charge < -0.3 is 0 Å². The zero-order chi connectivity index (χ0) is 7.83. The Morgan fingerprint density at radius 3 is 1.60 bits per heavy atom. The van der Waals surface area contributed by atoms with Crippen molar-refractivity contribution in [2.24, 2.45) is 0 Å². The van der Waals surface area contributed by atoms with Gasteiger partial charge in [-0.25, -0.2) is 0 Å². The molecule has 0 unspecified atom stereocenters. The van der Waals surface area contributed by atoms with E-state index in [9.17, 15) is 0 Å². The van der Waals surface area contributed by atoms with Crippen LogP contribution in [0.4, 0.5) is 0 Å². The van der Waals surface area contributed by atoms with Gasteiger partial charge in [-0.05, 0) is 5.04 Å². The SMILES string of the molecule is CC(C)(C)[Si]1(C)CCCC1. The Hall–Kier alpha value is 0.217. The second kappa shape index (κ2) is 2.37. The largest absolute Gasteiger partial charge is 0.0688 e. The second-order valence-corrected chi connectivity index (χ2v) is 10.6. The van der Waals surface area contributed by atoms with Crippen LogP contribution in [-0.4, -0.2) is 8.07 Å². The van der Waals surface area contributed by atoms with Crippen LogP contribution in [0.1, 0.15) is 33.6 Å². The predicted molar refractivity (Wildman–Crippen MR) is 50.2 cm³/mol.